The van der Waals surface area contributed by atoms with Crippen molar-refractivity contribution in [2.24, 2.45) is 5.73 Å². The van der Waals surface area contributed by atoms with Crippen molar-refractivity contribution in [3.8, 4) is 0 Å². The summed E-state index contributed by atoms with van der Waals surface area (Å²) < 4.78 is 0. The molecule has 0 aliphatic carbocycles. The van der Waals surface area contributed by atoms with Crippen LogP contribution in [0, 0.1) is 12.3 Å². The molecule has 0 unspecified atom stereocenters. The van der Waals surface area contributed by atoms with Gasteiger partial charge in [0.25, 0.3) is 0 Å². The summed E-state index contributed by atoms with van der Waals surface area (Å²) in [4.78, 5) is 0. The Balaban J connectivity index is 3.10. The van der Waals surface area contributed by atoms with Gasteiger partial charge in [-0.1, -0.05) is 24.3 Å². The Morgan fingerprint density at radius 3 is 2.67 bits per heavy atom. The molecule has 0 amide bonds. The first kappa shape index (κ1) is 8.53. The van der Waals surface area contributed by atoms with Gasteiger partial charge in [-0.3, -0.25) is 0 Å². The van der Waals surface area contributed by atoms with Crippen LogP contribution in [-0.4, -0.2) is 6.21 Å². The van der Waals surface area contributed by atoms with Crippen LogP contribution < -0.4 is 5.73 Å². The van der Waals surface area contributed by atoms with E-state index in [4.69, 9.17) is 11.1 Å². The molecule has 2 heteroatoms. The van der Waals surface area contributed by atoms with Crippen LogP contribution in [0.15, 0.2) is 30.3 Å². The molecule has 1 rings (SSSR count). The Morgan fingerprint density at radius 1 is 1.42 bits per heavy atom. The Kier molecular flexibility index (Phi) is 2.64. The molecule has 0 radical (unpaired) electrons. The van der Waals surface area contributed by atoms with E-state index in [1.807, 2.05) is 31.2 Å². The number of hydrogen-bond donors (Lipinski definition) is 2. The third-order valence-corrected chi connectivity index (χ3v) is 1.72. The molecule has 12 heavy (non-hydrogen) atoms. The minimum absolute atomic E-state index is 0.642. The molecule has 0 atom stereocenters. The molecule has 1 aromatic carbocycles. The fourth-order valence-corrected chi connectivity index (χ4v) is 1.08. The van der Waals surface area contributed by atoms with Crippen molar-refractivity contribution in [3.63, 3.8) is 0 Å². The third kappa shape index (κ3) is 1.72. The van der Waals surface area contributed by atoms with Gasteiger partial charge in [0, 0.05) is 17.5 Å². The van der Waals surface area contributed by atoms with Crippen molar-refractivity contribution in [1.29, 1.82) is 5.41 Å². The second-order valence-electron chi connectivity index (χ2n) is 2.60. The molecule has 0 saturated heterocycles. The van der Waals surface area contributed by atoms with E-state index in [1.165, 1.54) is 6.21 Å². The topological polar surface area (TPSA) is 49.9 Å². The second-order valence-corrected chi connectivity index (χ2v) is 2.60. The first-order chi connectivity index (χ1) is 5.75. The summed E-state index contributed by atoms with van der Waals surface area (Å²) >= 11 is 0. The number of rotatable bonds is 2. The van der Waals surface area contributed by atoms with E-state index in [1.54, 1.807) is 6.08 Å². The average molecular weight is 160 g/mol. The summed E-state index contributed by atoms with van der Waals surface area (Å²) in [6.45, 7) is 2.00. The molecule has 62 valence electrons. The lowest BCUT2D eigenvalue weighted by Crippen LogP contribution is -1.98. The highest BCUT2D eigenvalue weighted by Crippen LogP contribution is 2.12. The number of nitrogens with one attached hydrogen (secondary N) is 1. The van der Waals surface area contributed by atoms with Crippen molar-refractivity contribution in [1.82, 2.24) is 0 Å². The van der Waals surface area contributed by atoms with E-state index >= 15 is 0 Å². The van der Waals surface area contributed by atoms with Gasteiger partial charge in [-0.15, -0.1) is 0 Å². The summed E-state index contributed by atoms with van der Waals surface area (Å²) in [6.07, 6.45) is 2.78. The van der Waals surface area contributed by atoms with Gasteiger partial charge in [0.15, 0.2) is 0 Å². The van der Waals surface area contributed by atoms with Crippen LogP contribution in [0.3, 0.4) is 0 Å². The highest BCUT2D eigenvalue weighted by molar-refractivity contribution is 5.82. The van der Waals surface area contributed by atoms with Gasteiger partial charge < -0.3 is 11.1 Å². The minimum Gasteiger partial charge on any atom is -0.398 e. The predicted octanol–water partition coefficient (Wildman–Crippen LogP) is 1.94. The molecule has 1 aromatic rings. The molecule has 0 aliphatic heterocycles. The first-order valence-corrected chi connectivity index (χ1v) is 3.78. The quantitative estimate of drug-likeness (QED) is 0.638. The van der Waals surface area contributed by atoms with E-state index in [-0.39, 0.29) is 0 Å². The summed E-state index contributed by atoms with van der Waals surface area (Å²) in [7, 11) is 0. The van der Waals surface area contributed by atoms with Crippen molar-refractivity contribution in [3.05, 3.63) is 41.5 Å². The molecule has 0 aliphatic rings. The van der Waals surface area contributed by atoms with Crippen molar-refractivity contribution in [2.45, 2.75) is 6.92 Å². The summed E-state index contributed by atoms with van der Waals surface area (Å²) in [5, 5.41) is 6.87. The maximum Gasteiger partial charge on any atom is 0.0405 e. The monoisotopic (exact) mass is 160 g/mol. The van der Waals surface area contributed by atoms with E-state index < -0.39 is 0 Å². The van der Waals surface area contributed by atoms with Crippen LogP contribution in [0.5, 0.6) is 0 Å². The van der Waals surface area contributed by atoms with Gasteiger partial charge in [0.1, 0.15) is 0 Å². The van der Waals surface area contributed by atoms with Gasteiger partial charge in [-0.05, 0) is 18.6 Å². The summed E-state index contributed by atoms with van der Waals surface area (Å²) in [6, 6.07) is 7.86. The maximum absolute atomic E-state index is 6.87. The van der Waals surface area contributed by atoms with E-state index in [0.717, 1.165) is 11.1 Å². The first-order valence-electron chi connectivity index (χ1n) is 3.78. The van der Waals surface area contributed by atoms with Gasteiger partial charge in [0.2, 0.25) is 0 Å². The zero-order valence-electron chi connectivity index (χ0n) is 7.04. The number of nitrogens with two attached hydrogens (primary N) is 1. The van der Waals surface area contributed by atoms with Gasteiger partial charge in [0.05, 0.1) is 0 Å². The molecule has 0 spiro atoms. The normalized spacial score (nSPS) is 11.2. The standard InChI is InChI=1S/C10H12N2/c1-8-4-2-3-5-9(8)10(12)6-7-11/h2-7,11H,12H2,1H3/b10-6+,11-7?. The van der Waals surface area contributed by atoms with Crippen LogP contribution in [0.25, 0.3) is 5.70 Å². The van der Waals surface area contributed by atoms with Crippen molar-refractivity contribution in [2.75, 3.05) is 0 Å². The molecule has 0 fully saturated rings. The fourth-order valence-electron chi connectivity index (χ4n) is 1.08. The Labute approximate surface area is 72.2 Å². The minimum atomic E-state index is 0.642. The van der Waals surface area contributed by atoms with Crippen molar-refractivity contribution < 1.29 is 0 Å². The van der Waals surface area contributed by atoms with Gasteiger partial charge in [-0.2, -0.15) is 0 Å². The number of hydrogen-bond acceptors (Lipinski definition) is 2. The number of aryl methyl sites for hydroxylation is 1. The van der Waals surface area contributed by atoms with E-state index in [0.29, 0.717) is 5.70 Å². The highest BCUT2D eigenvalue weighted by atomic mass is 14.6. The van der Waals surface area contributed by atoms with E-state index in [2.05, 4.69) is 0 Å². The lowest BCUT2D eigenvalue weighted by molar-refractivity contribution is 1.39. The molecule has 0 aromatic heterocycles. The van der Waals surface area contributed by atoms with Gasteiger partial charge in [-0.25, -0.2) is 0 Å². The van der Waals surface area contributed by atoms with Crippen LogP contribution in [0.2, 0.25) is 0 Å². The molecule has 0 bridgehead atoms. The van der Waals surface area contributed by atoms with Crippen LogP contribution in [0.4, 0.5) is 0 Å². The van der Waals surface area contributed by atoms with E-state index in [9.17, 15) is 0 Å². The largest absolute Gasteiger partial charge is 0.398 e. The lowest BCUT2D eigenvalue weighted by atomic mass is 10.1. The van der Waals surface area contributed by atoms with Crippen LogP contribution >= 0.6 is 0 Å². The number of allylic oxidation sites excluding steroid dienone is 1. The summed E-state index contributed by atoms with van der Waals surface area (Å²) in [5.74, 6) is 0. The highest BCUT2D eigenvalue weighted by Gasteiger charge is 1.97. The SMILES string of the molecule is Cc1ccccc1/C(N)=C\C=N. The molecule has 3 N–H and O–H groups in total. The smallest absolute Gasteiger partial charge is 0.0405 e. The molecular formula is C10H12N2. The molecule has 0 heterocycles. The Morgan fingerprint density at radius 2 is 2.08 bits per heavy atom. The lowest BCUT2D eigenvalue weighted by Gasteiger charge is -2.03. The number of benzene rings is 1. The average Bonchev–Trinajstić information content (AvgIpc) is 2.05. The molecule has 0 saturated carbocycles. The zero-order valence-corrected chi connectivity index (χ0v) is 7.04. The predicted molar refractivity (Wildman–Crippen MR) is 52.1 cm³/mol. The van der Waals surface area contributed by atoms with Crippen molar-refractivity contribution >= 4 is 11.9 Å². The maximum atomic E-state index is 6.87. The Hall–Kier alpha value is -1.57. The molecule has 2 nitrogen and oxygen atoms in total. The van der Waals surface area contributed by atoms with Gasteiger partial charge >= 0.3 is 0 Å². The zero-order chi connectivity index (χ0) is 8.97. The summed E-state index contributed by atoms with van der Waals surface area (Å²) in [5.41, 5.74) is 8.49. The molecular weight excluding hydrogens is 148 g/mol. The fraction of sp³-hybridized carbons (Fsp3) is 0.100. The second kappa shape index (κ2) is 3.72. The third-order valence-electron chi connectivity index (χ3n) is 1.72. The Bertz CT molecular complexity index is 313. The van der Waals surface area contributed by atoms with Crippen LogP contribution in [-0.2, 0) is 0 Å². The van der Waals surface area contributed by atoms with Crippen LogP contribution in [0.1, 0.15) is 11.1 Å².